The zero-order valence-electron chi connectivity index (χ0n) is 8.77. The average molecular weight is 276 g/mol. The Morgan fingerprint density at radius 3 is 2.62 bits per heavy atom. The van der Waals surface area contributed by atoms with E-state index in [-0.39, 0.29) is 5.92 Å². The van der Waals surface area contributed by atoms with E-state index < -0.39 is 0 Å². The highest BCUT2D eigenvalue weighted by atomic mass is 79.9. The molecule has 0 bridgehead atoms. The van der Waals surface area contributed by atoms with Crippen molar-refractivity contribution in [1.82, 2.24) is 0 Å². The zero-order chi connectivity index (χ0) is 11.5. The number of nitriles is 1. The van der Waals surface area contributed by atoms with Crippen molar-refractivity contribution in [3.63, 3.8) is 0 Å². The van der Waals surface area contributed by atoms with Gasteiger partial charge in [0.2, 0.25) is 0 Å². The average Bonchev–Trinajstić information content (AvgIpc) is 2.78. The summed E-state index contributed by atoms with van der Waals surface area (Å²) in [4.78, 5) is 0. The van der Waals surface area contributed by atoms with Crippen molar-refractivity contribution in [1.29, 1.82) is 5.26 Å². The van der Waals surface area contributed by atoms with Crippen LogP contribution in [0.4, 0.5) is 0 Å². The number of rotatable bonds is 2. The van der Waals surface area contributed by atoms with E-state index in [1.54, 1.807) is 6.26 Å². The summed E-state index contributed by atoms with van der Waals surface area (Å²) < 4.78 is 6.48. The molecule has 0 saturated carbocycles. The van der Waals surface area contributed by atoms with Crippen molar-refractivity contribution < 1.29 is 4.42 Å². The first-order chi connectivity index (χ1) is 7.70. The van der Waals surface area contributed by atoms with E-state index in [1.807, 2.05) is 37.3 Å². The molecule has 0 N–H and O–H groups in total. The molecule has 2 aromatic rings. The highest BCUT2D eigenvalue weighted by Crippen LogP contribution is 2.26. The Morgan fingerprint density at radius 2 is 2.00 bits per heavy atom. The summed E-state index contributed by atoms with van der Waals surface area (Å²) in [5.41, 5.74) is 1.93. The van der Waals surface area contributed by atoms with Crippen LogP contribution in [0.25, 0.3) is 11.3 Å². The second kappa shape index (κ2) is 4.54. The predicted octanol–water partition coefficient (Wildman–Crippen LogP) is 4.34. The molecule has 16 heavy (non-hydrogen) atoms. The minimum Gasteiger partial charge on any atom is -0.464 e. The molecule has 0 radical (unpaired) electrons. The molecule has 2 rings (SSSR count). The number of halogens is 1. The standard InChI is InChI=1S/C13H10BrNO/c1-9(7-15)11-6-13(16-8-11)10-2-4-12(14)5-3-10/h2-6,8-9H,1H3. The lowest BCUT2D eigenvalue weighted by Crippen LogP contribution is -1.83. The number of nitrogens with zero attached hydrogens (tertiary/aromatic N) is 1. The first-order valence-corrected chi connectivity index (χ1v) is 5.74. The fourth-order valence-corrected chi connectivity index (χ4v) is 1.68. The van der Waals surface area contributed by atoms with Gasteiger partial charge in [-0.2, -0.15) is 5.26 Å². The lowest BCUT2D eigenvalue weighted by Gasteiger charge is -1.96. The summed E-state index contributed by atoms with van der Waals surface area (Å²) in [5.74, 6) is 0.664. The van der Waals surface area contributed by atoms with Gasteiger partial charge in [0.15, 0.2) is 0 Å². The smallest absolute Gasteiger partial charge is 0.134 e. The van der Waals surface area contributed by atoms with Gasteiger partial charge >= 0.3 is 0 Å². The van der Waals surface area contributed by atoms with Gasteiger partial charge in [-0.05, 0) is 25.1 Å². The summed E-state index contributed by atoms with van der Waals surface area (Å²) in [5, 5.41) is 8.81. The summed E-state index contributed by atoms with van der Waals surface area (Å²) in [7, 11) is 0. The van der Waals surface area contributed by atoms with Crippen LogP contribution in [-0.4, -0.2) is 0 Å². The number of hydrogen-bond acceptors (Lipinski definition) is 2. The maximum atomic E-state index is 8.81. The predicted molar refractivity (Wildman–Crippen MR) is 65.9 cm³/mol. The second-order valence-electron chi connectivity index (χ2n) is 3.60. The number of benzene rings is 1. The topological polar surface area (TPSA) is 36.9 Å². The van der Waals surface area contributed by atoms with E-state index in [0.717, 1.165) is 21.4 Å². The Labute approximate surface area is 103 Å². The van der Waals surface area contributed by atoms with Crippen molar-refractivity contribution in [2.75, 3.05) is 0 Å². The molecule has 1 aromatic heterocycles. The summed E-state index contributed by atoms with van der Waals surface area (Å²) in [6, 6.07) is 12.0. The summed E-state index contributed by atoms with van der Waals surface area (Å²) in [6.45, 7) is 1.86. The molecule has 0 saturated heterocycles. The maximum absolute atomic E-state index is 8.81. The van der Waals surface area contributed by atoms with Crippen LogP contribution in [0.15, 0.2) is 45.5 Å². The van der Waals surface area contributed by atoms with Gasteiger partial charge in [0.1, 0.15) is 5.76 Å². The molecule has 0 fully saturated rings. The van der Waals surface area contributed by atoms with Crippen molar-refractivity contribution in [2.45, 2.75) is 12.8 Å². The molecular weight excluding hydrogens is 266 g/mol. The molecule has 0 spiro atoms. The Bertz CT molecular complexity index is 522. The largest absolute Gasteiger partial charge is 0.464 e. The molecule has 0 aliphatic heterocycles. The monoisotopic (exact) mass is 275 g/mol. The van der Waals surface area contributed by atoms with Crippen molar-refractivity contribution in [2.24, 2.45) is 0 Å². The van der Waals surface area contributed by atoms with Crippen LogP contribution in [-0.2, 0) is 0 Å². The van der Waals surface area contributed by atoms with E-state index >= 15 is 0 Å². The molecule has 0 aliphatic carbocycles. The highest BCUT2D eigenvalue weighted by Gasteiger charge is 2.09. The molecule has 2 nitrogen and oxygen atoms in total. The van der Waals surface area contributed by atoms with Crippen LogP contribution in [0.5, 0.6) is 0 Å². The minimum absolute atomic E-state index is 0.132. The zero-order valence-corrected chi connectivity index (χ0v) is 10.4. The Morgan fingerprint density at radius 1 is 1.31 bits per heavy atom. The van der Waals surface area contributed by atoms with Crippen LogP contribution >= 0.6 is 15.9 Å². The molecule has 0 amide bonds. The lowest BCUT2D eigenvalue weighted by atomic mass is 10.1. The third-order valence-electron chi connectivity index (χ3n) is 2.44. The van der Waals surface area contributed by atoms with Crippen LogP contribution in [0, 0.1) is 11.3 Å². The van der Waals surface area contributed by atoms with Gasteiger partial charge in [-0.3, -0.25) is 0 Å². The molecule has 1 unspecified atom stereocenters. The quantitative estimate of drug-likeness (QED) is 0.818. The van der Waals surface area contributed by atoms with Gasteiger partial charge in [-0.15, -0.1) is 0 Å². The molecular formula is C13H10BrNO. The molecule has 3 heteroatoms. The Balaban J connectivity index is 2.32. The third-order valence-corrected chi connectivity index (χ3v) is 2.97. The maximum Gasteiger partial charge on any atom is 0.134 e. The normalized spacial score (nSPS) is 12.1. The van der Waals surface area contributed by atoms with E-state index in [2.05, 4.69) is 22.0 Å². The van der Waals surface area contributed by atoms with E-state index in [9.17, 15) is 0 Å². The highest BCUT2D eigenvalue weighted by molar-refractivity contribution is 9.10. The first-order valence-electron chi connectivity index (χ1n) is 4.94. The lowest BCUT2D eigenvalue weighted by molar-refractivity contribution is 0.577. The van der Waals surface area contributed by atoms with Gasteiger partial charge in [0.25, 0.3) is 0 Å². The molecule has 1 aromatic carbocycles. The van der Waals surface area contributed by atoms with Crippen molar-refractivity contribution >= 4 is 15.9 Å². The fourth-order valence-electron chi connectivity index (χ4n) is 1.42. The molecule has 1 atom stereocenters. The summed E-state index contributed by atoms with van der Waals surface area (Å²) in [6.07, 6.45) is 1.64. The van der Waals surface area contributed by atoms with Crippen molar-refractivity contribution in [3.8, 4) is 17.4 Å². The van der Waals surface area contributed by atoms with E-state index in [0.29, 0.717) is 0 Å². The minimum atomic E-state index is -0.132. The third kappa shape index (κ3) is 2.17. The van der Waals surface area contributed by atoms with E-state index in [1.165, 1.54) is 0 Å². The van der Waals surface area contributed by atoms with Crippen LogP contribution in [0.1, 0.15) is 18.4 Å². The summed E-state index contributed by atoms with van der Waals surface area (Å²) >= 11 is 3.38. The van der Waals surface area contributed by atoms with Gasteiger partial charge in [0.05, 0.1) is 18.3 Å². The second-order valence-corrected chi connectivity index (χ2v) is 4.52. The fraction of sp³-hybridized carbons (Fsp3) is 0.154. The molecule has 0 aliphatic rings. The molecule has 1 heterocycles. The first kappa shape index (κ1) is 11.0. The Hall–Kier alpha value is -1.53. The van der Waals surface area contributed by atoms with Crippen LogP contribution < -0.4 is 0 Å². The van der Waals surface area contributed by atoms with Gasteiger partial charge in [0, 0.05) is 15.6 Å². The van der Waals surface area contributed by atoms with Crippen LogP contribution in [0.2, 0.25) is 0 Å². The molecule has 80 valence electrons. The van der Waals surface area contributed by atoms with E-state index in [4.69, 9.17) is 9.68 Å². The van der Waals surface area contributed by atoms with Gasteiger partial charge in [-0.25, -0.2) is 0 Å². The number of hydrogen-bond donors (Lipinski definition) is 0. The van der Waals surface area contributed by atoms with Crippen LogP contribution in [0.3, 0.4) is 0 Å². The van der Waals surface area contributed by atoms with Crippen molar-refractivity contribution in [3.05, 3.63) is 46.6 Å². The SMILES string of the molecule is CC(C#N)c1coc(-c2ccc(Br)cc2)c1. The Kier molecular flexibility index (Phi) is 3.12. The number of furan rings is 1. The van der Waals surface area contributed by atoms with Gasteiger partial charge < -0.3 is 4.42 Å². The van der Waals surface area contributed by atoms with Gasteiger partial charge in [-0.1, -0.05) is 28.1 Å².